The first-order chi connectivity index (χ1) is 10.7. The van der Waals surface area contributed by atoms with Gasteiger partial charge in [0, 0.05) is 17.3 Å². The second-order valence-electron chi connectivity index (χ2n) is 4.33. The molecule has 0 spiro atoms. The molecule has 0 aliphatic carbocycles. The molecule has 22 heavy (non-hydrogen) atoms. The number of carbonyl (C=O) groups is 1. The maximum atomic E-state index is 12.7. The van der Waals surface area contributed by atoms with Crippen LogP contribution in [0.2, 0.25) is 0 Å². The fourth-order valence-electron chi connectivity index (χ4n) is 1.76. The molecule has 1 amide bonds. The molecule has 5 heteroatoms. The number of allylic oxidation sites excluding steroid dienone is 1. The molecule has 0 radical (unpaired) electrons. The van der Waals surface area contributed by atoms with E-state index >= 15 is 0 Å². The van der Waals surface area contributed by atoms with E-state index in [1.165, 1.54) is 30.5 Å². The van der Waals surface area contributed by atoms with Crippen LogP contribution in [-0.4, -0.2) is 19.2 Å². The van der Waals surface area contributed by atoms with Crippen molar-refractivity contribution in [2.24, 2.45) is 5.10 Å². The number of carbonyl (C=O) groups excluding carboxylic acids is 1. The topological polar surface area (TPSA) is 50.7 Å². The molecular weight excluding hydrogens is 283 g/mol. The van der Waals surface area contributed by atoms with E-state index in [9.17, 15) is 9.18 Å². The second-order valence-corrected chi connectivity index (χ2v) is 4.33. The summed E-state index contributed by atoms with van der Waals surface area (Å²) < 4.78 is 18.0. The molecule has 2 rings (SSSR count). The number of hydrogen-bond acceptors (Lipinski definition) is 3. The smallest absolute Gasteiger partial charge is 0.271 e. The predicted molar refractivity (Wildman–Crippen MR) is 84.4 cm³/mol. The maximum absolute atomic E-state index is 12.7. The molecule has 0 saturated heterocycles. The zero-order valence-electron chi connectivity index (χ0n) is 12.0. The number of amides is 1. The summed E-state index contributed by atoms with van der Waals surface area (Å²) in [6.45, 7) is 0. The Labute approximate surface area is 127 Å². The standard InChI is InChI=1S/C17H15FN2O2/c1-22-16-7-3-2-5-13(16)6-4-12-19-20-17(21)14-8-10-15(18)11-9-14/h2-12H,1H3,(H,20,21)/b6-4+,19-12-. The normalized spacial score (nSPS) is 11.0. The molecule has 4 nitrogen and oxygen atoms in total. The van der Waals surface area contributed by atoms with Crippen LogP contribution in [-0.2, 0) is 0 Å². The van der Waals surface area contributed by atoms with Crippen molar-refractivity contribution in [3.05, 3.63) is 71.6 Å². The van der Waals surface area contributed by atoms with Gasteiger partial charge in [-0.3, -0.25) is 4.79 Å². The Balaban J connectivity index is 1.91. The Morgan fingerprint density at radius 3 is 2.64 bits per heavy atom. The van der Waals surface area contributed by atoms with Crippen LogP contribution in [0.3, 0.4) is 0 Å². The number of rotatable bonds is 5. The first kappa shape index (κ1) is 15.4. The molecular formula is C17H15FN2O2. The van der Waals surface area contributed by atoms with Crippen molar-refractivity contribution >= 4 is 18.2 Å². The van der Waals surface area contributed by atoms with Crippen LogP contribution in [0.4, 0.5) is 4.39 Å². The minimum Gasteiger partial charge on any atom is -0.496 e. The van der Waals surface area contributed by atoms with Crippen LogP contribution in [0, 0.1) is 5.82 Å². The zero-order valence-corrected chi connectivity index (χ0v) is 12.0. The summed E-state index contributed by atoms with van der Waals surface area (Å²) in [7, 11) is 1.60. The fraction of sp³-hybridized carbons (Fsp3) is 0.0588. The van der Waals surface area contributed by atoms with Gasteiger partial charge in [0.05, 0.1) is 7.11 Å². The molecule has 0 unspecified atom stereocenters. The Morgan fingerprint density at radius 2 is 1.91 bits per heavy atom. The number of nitrogens with one attached hydrogen (secondary N) is 1. The third-order valence-corrected chi connectivity index (χ3v) is 2.85. The fourth-order valence-corrected chi connectivity index (χ4v) is 1.76. The summed E-state index contributed by atoms with van der Waals surface area (Å²) in [4.78, 5) is 11.7. The van der Waals surface area contributed by atoms with Crippen molar-refractivity contribution in [2.75, 3.05) is 7.11 Å². The van der Waals surface area contributed by atoms with Gasteiger partial charge in [-0.15, -0.1) is 0 Å². The number of benzene rings is 2. The van der Waals surface area contributed by atoms with Gasteiger partial charge in [-0.05, 0) is 42.5 Å². The van der Waals surface area contributed by atoms with Crippen LogP contribution < -0.4 is 10.2 Å². The molecule has 0 atom stereocenters. The van der Waals surface area contributed by atoms with Gasteiger partial charge < -0.3 is 4.74 Å². The molecule has 0 heterocycles. The summed E-state index contributed by atoms with van der Waals surface area (Å²) in [6, 6.07) is 12.8. The van der Waals surface area contributed by atoms with E-state index in [0.29, 0.717) is 5.56 Å². The summed E-state index contributed by atoms with van der Waals surface area (Å²) in [5.41, 5.74) is 3.60. The average molecular weight is 298 g/mol. The summed E-state index contributed by atoms with van der Waals surface area (Å²) in [5, 5.41) is 3.79. The van der Waals surface area contributed by atoms with Crippen LogP contribution in [0.15, 0.2) is 59.7 Å². The minimum atomic E-state index is -0.401. The molecule has 0 aliphatic heterocycles. The number of hydrogen-bond donors (Lipinski definition) is 1. The van der Waals surface area contributed by atoms with Gasteiger partial charge in [0.15, 0.2) is 0 Å². The lowest BCUT2D eigenvalue weighted by Gasteiger charge is -2.02. The molecule has 112 valence electrons. The molecule has 0 bridgehead atoms. The highest BCUT2D eigenvalue weighted by atomic mass is 19.1. The zero-order chi connectivity index (χ0) is 15.8. The van der Waals surface area contributed by atoms with E-state index in [-0.39, 0.29) is 5.82 Å². The predicted octanol–water partition coefficient (Wildman–Crippen LogP) is 3.26. The lowest BCUT2D eigenvalue weighted by Crippen LogP contribution is -2.17. The molecule has 0 aliphatic rings. The Morgan fingerprint density at radius 1 is 1.18 bits per heavy atom. The number of methoxy groups -OCH3 is 1. The minimum absolute atomic E-state index is 0.340. The van der Waals surface area contributed by atoms with Crippen LogP contribution in [0.25, 0.3) is 6.08 Å². The van der Waals surface area contributed by atoms with Gasteiger partial charge in [-0.1, -0.05) is 18.2 Å². The lowest BCUT2D eigenvalue weighted by atomic mass is 10.2. The number of nitrogens with zero attached hydrogens (tertiary/aromatic N) is 1. The van der Waals surface area contributed by atoms with Gasteiger partial charge in [0.1, 0.15) is 11.6 Å². The van der Waals surface area contributed by atoms with E-state index in [1.807, 2.05) is 30.3 Å². The van der Waals surface area contributed by atoms with E-state index < -0.39 is 5.91 Å². The SMILES string of the molecule is COc1ccccc1/C=C/C=N\NC(=O)c1ccc(F)cc1. The largest absolute Gasteiger partial charge is 0.496 e. The number of ether oxygens (including phenoxy) is 1. The van der Waals surface area contributed by atoms with Crippen molar-refractivity contribution in [2.45, 2.75) is 0 Å². The Bertz CT molecular complexity index is 694. The molecule has 0 aromatic heterocycles. The quantitative estimate of drug-likeness (QED) is 0.680. The lowest BCUT2D eigenvalue weighted by molar-refractivity contribution is 0.0955. The summed E-state index contributed by atoms with van der Waals surface area (Å²) in [6.07, 6.45) is 4.95. The molecule has 1 N–H and O–H groups in total. The first-order valence-electron chi connectivity index (χ1n) is 6.59. The van der Waals surface area contributed by atoms with Crippen molar-refractivity contribution in [1.82, 2.24) is 5.43 Å². The highest BCUT2D eigenvalue weighted by Gasteiger charge is 2.02. The van der Waals surface area contributed by atoms with Crippen LogP contribution in [0.5, 0.6) is 5.75 Å². The third kappa shape index (κ3) is 4.28. The van der Waals surface area contributed by atoms with Gasteiger partial charge in [0.25, 0.3) is 5.91 Å². The molecule has 2 aromatic rings. The van der Waals surface area contributed by atoms with Gasteiger partial charge in [-0.2, -0.15) is 5.10 Å². The van der Waals surface area contributed by atoms with Gasteiger partial charge in [0.2, 0.25) is 0 Å². The van der Waals surface area contributed by atoms with Gasteiger partial charge in [-0.25, -0.2) is 9.82 Å². The van der Waals surface area contributed by atoms with E-state index in [4.69, 9.17) is 4.74 Å². The van der Waals surface area contributed by atoms with Crippen molar-refractivity contribution in [1.29, 1.82) is 0 Å². The van der Waals surface area contributed by atoms with E-state index in [1.54, 1.807) is 13.2 Å². The number of hydrazone groups is 1. The van der Waals surface area contributed by atoms with E-state index in [0.717, 1.165) is 11.3 Å². The maximum Gasteiger partial charge on any atom is 0.271 e. The average Bonchev–Trinajstić information content (AvgIpc) is 2.55. The molecule has 2 aromatic carbocycles. The summed E-state index contributed by atoms with van der Waals surface area (Å²) in [5.74, 6) is -0.0377. The van der Waals surface area contributed by atoms with Crippen molar-refractivity contribution in [3.63, 3.8) is 0 Å². The molecule has 0 saturated carbocycles. The Kier molecular flexibility index (Phi) is 5.43. The highest BCUT2D eigenvalue weighted by molar-refractivity contribution is 5.94. The van der Waals surface area contributed by atoms with Gasteiger partial charge >= 0.3 is 0 Å². The third-order valence-electron chi connectivity index (χ3n) is 2.85. The second kappa shape index (κ2) is 7.73. The number of para-hydroxylation sites is 1. The Hall–Kier alpha value is -2.95. The van der Waals surface area contributed by atoms with Crippen LogP contribution in [0.1, 0.15) is 15.9 Å². The monoisotopic (exact) mass is 298 g/mol. The van der Waals surface area contributed by atoms with Crippen molar-refractivity contribution in [3.8, 4) is 5.75 Å². The summed E-state index contributed by atoms with van der Waals surface area (Å²) >= 11 is 0. The number of halogens is 1. The molecule has 0 fully saturated rings. The van der Waals surface area contributed by atoms with Crippen LogP contribution >= 0.6 is 0 Å². The highest BCUT2D eigenvalue weighted by Crippen LogP contribution is 2.18. The van der Waals surface area contributed by atoms with Crippen molar-refractivity contribution < 1.29 is 13.9 Å². The van der Waals surface area contributed by atoms with E-state index in [2.05, 4.69) is 10.5 Å². The first-order valence-corrected chi connectivity index (χ1v) is 6.59.